The van der Waals surface area contributed by atoms with Crippen LogP contribution >= 0.6 is 0 Å². The molecule has 2 aromatic rings. The monoisotopic (exact) mass is 342 g/mol. The number of methoxy groups -OCH3 is 1. The van der Waals surface area contributed by atoms with Crippen molar-refractivity contribution in [3.63, 3.8) is 0 Å². The number of nitrogens with zero attached hydrogens (tertiary/aromatic N) is 1. The Morgan fingerprint density at radius 1 is 1.12 bits per heavy atom. The van der Waals surface area contributed by atoms with Gasteiger partial charge in [-0.25, -0.2) is 5.84 Å². The molecule has 0 saturated carbocycles. The average Bonchev–Trinajstić information content (AvgIpc) is 2.62. The summed E-state index contributed by atoms with van der Waals surface area (Å²) >= 11 is 0. The second-order valence-electron chi connectivity index (χ2n) is 5.47. The van der Waals surface area contributed by atoms with Crippen LogP contribution in [0.4, 0.5) is 5.69 Å². The van der Waals surface area contributed by atoms with Crippen molar-refractivity contribution in [1.82, 2.24) is 10.3 Å². The molecule has 0 bridgehead atoms. The zero-order chi connectivity index (χ0) is 18.2. The Labute approximate surface area is 146 Å². The number of nitrogens with one attached hydrogen (secondary N) is 1. The van der Waals surface area contributed by atoms with Gasteiger partial charge in [0.1, 0.15) is 12.3 Å². The molecule has 0 radical (unpaired) electrons. The molecule has 7 nitrogen and oxygen atoms in total. The third-order valence-electron chi connectivity index (χ3n) is 3.66. The van der Waals surface area contributed by atoms with Crippen LogP contribution in [0.5, 0.6) is 5.75 Å². The molecular formula is C18H22N4O3. The highest BCUT2D eigenvalue weighted by Gasteiger charge is 2.17. The third-order valence-corrected chi connectivity index (χ3v) is 3.66. The molecule has 2 amide bonds. The summed E-state index contributed by atoms with van der Waals surface area (Å²) in [5.74, 6) is 5.64. The molecule has 7 heteroatoms. The number of anilines is 1. The molecule has 5 N–H and O–H groups in total. The van der Waals surface area contributed by atoms with E-state index in [-0.39, 0.29) is 18.0 Å². The van der Waals surface area contributed by atoms with Gasteiger partial charge in [0.05, 0.1) is 12.7 Å². The van der Waals surface area contributed by atoms with Gasteiger partial charge in [0, 0.05) is 12.2 Å². The minimum Gasteiger partial charge on any atom is -0.497 e. The van der Waals surface area contributed by atoms with Crippen molar-refractivity contribution >= 4 is 17.5 Å². The molecule has 0 aliphatic carbocycles. The van der Waals surface area contributed by atoms with Crippen molar-refractivity contribution in [2.75, 3.05) is 25.9 Å². The van der Waals surface area contributed by atoms with E-state index in [0.29, 0.717) is 18.7 Å². The summed E-state index contributed by atoms with van der Waals surface area (Å²) in [4.78, 5) is 24.1. The summed E-state index contributed by atoms with van der Waals surface area (Å²) in [6, 6.07) is 14.2. The van der Waals surface area contributed by atoms with Gasteiger partial charge in [-0.05, 0) is 36.2 Å². The van der Waals surface area contributed by atoms with E-state index in [1.165, 1.54) is 0 Å². The maximum absolute atomic E-state index is 12.2. The number of nitrogen functional groups attached to an aromatic ring is 1. The lowest BCUT2D eigenvalue weighted by molar-refractivity contribution is -0.121. The largest absolute Gasteiger partial charge is 0.497 e. The second kappa shape index (κ2) is 8.70. The number of para-hydroxylation sites is 1. The summed E-state index contributed by atoms with van der Waals surface area (Å²) < 4.78 is 5.09. The number of benzene rings is 2. The van der Waals surface area contributed by atoms with Crippen molar-refractivity contribution in [1.29, 1.82) is 0 Å². The lowest BCUT2D eigenvalue weighted by Gasteiger charge is -2.17. The van der Waals surface area contributed by atoms with Crippen LogP contribution in [0.25, 0.3) is 0 Å². The SMILES string of the molecule is COc1ccc(CCNC(=O)CN(N)C(=O)c2ccccc2N)cc1. The van der Waals surface area contributed by atoms with Gasteiger partial charge in [0.2, 0.25) is 5.91 Å². The summed E-state index contributed by atoms with van der Waals surface area (Å²) in [5.41, 5.74) is 7.41. The molecule has 25 heavy (non-hydrogen) atoms. The minimum absolute atomic E-state index is 0.240. The Morgan fingerprint density at radius 2 is 1.80 bits per heavy atom. The Bertz CT molecular complexity index is 731. The molecule has 0 aromatic heterocycles. The number of nitrogens with two attached hydrogens (primary N) is 2. The van der Waals surface area contributed by atoms with E-state index in [0.717, 1.165) is 16.3 Å². The van der Waals surface area contributed by atoms with Crippen LogP contribution in [0.2, 0.25) is 0 Å². The summed E-state index contributed by atoms with van der Waals surface area (Å²) in [7, 11) is 1.61. The number of rotatable bonds is 7. The van der Waals surface area contributed by atoms with Crippen LogP contribution in [0, 0.1) is 0 Å². The normalized spacial score (nSPS) is 10.2. The van der Waals surface area contributed by atoms with Gasteiger partial charge in [-0.3, -0.25) is 14.6 Å². The van der Waals surface area contributed by atoms with Crippen molar-refractivity contribution in [3.05, 3.63) is 59.7 Å². The van der Waals surface area contributed by atoms with Gasteiger partial charge >= 0.3 is 0 Å². The Morgan fingerprint density at radius 3 is 2.44 bits per heavy atom. The molecule has 0 spiro atoms. The first-order valence-corrected chi connectivity index (χ1v) is 7.82. The third kappa shape index (κ3) is 5.22. The average molecular weight is 342 g/mol. The number of carbonyl (C=O) groups excluding carboxylic acids is 2. The molecule has 0 atom stereocenters. The van der Waals surface area contributed by atoms with Crippen molar-refractivity contribution in [2.24, 2.45) is 5.84 Å². The number of hydrogen-bond donors (Lipinski definition) is 3. The Kier molecular flexibility index (Phi) is 6.36. The highest BCUT2D eigenvalue weighted by atomic mass is 16.5. The first-order chi connectivity index (χ1) is 12.0. The quantitative estimate of drug-likeness (QED) is 0.300. The maximum atomic E-state index is 12.2. The minimum atomic E-state index is -0.497. The molecule has 0 aliphatic rings. The molecule has 132 valence electrons. The number of carbonyl (C=O) groups is 2. The molecule has 0 aliphatic heterocycles. The first-order valence-electron chi connectivity index (χ1n) is 7.82. The van der Waals surface area contributed by atoms with Crippen LogP contribution in [-0.4, -0.2) is 37.0 Å². The van der Waals surface area contributed by atoms with E-state index in [1.807, 2.05) is 24.3 Å². The Balaban J connectivity index is 1.79. The zero-order valence-electron chi connectivity index (χ0n) is 14.1. The lowest BCUT2D eigenvalue weighted by atomic mass is 10.1. The lowest BCUT2D eigenvalue weighted by Crippen LogP contribution is -2.45. The van der Waals surface area contributed by atoms with Crippen molar-refractivity contribution in [3.8, 4) is 5.75 Å². The van der Waals surface area contributed by atoms with Crippen molar-refractivity contribution < 1.29 is 14.3 Å². The molecule has 2 rings (SSSR count). The standard InChI is InChI=1S/C18H22N4O3/c1-25-14-8-6-13(7-9-14)10-11-21-17(23)12-22(20)18(24)15-4-2-3-5-16(15)19/h2-9H,10-12,19-20H2,1H3,(H,21,23). The maximum Gasteiger partial charge on any atom is 0.270 e. The summed E-state index contributed by atoms with van der Waals surface area (Å²) in [6.07, 6.45) is 0.667. The summed E-state index contributed by atoms with van der Waals surface area (Å²) in [5, 5.41) is 3.59. The number of amides is 2. The van der Waals surface area contributed by atoms with Crippen LogP contribution < -0.4 is 21.6 Å². The molecule has 0 heterocycles. The van der Waals surface area contributed by atoms with Gasteiger partial charge in [-0.2, -0.15) is 0 Å². The van der Waals surface area contributed by atoms with Gasteiger partial charge in [-0.1, -0.05) is 24.3 Å². The van der Waals surface area contributed by atoms with Crippen LogP contribution in [0.3, 0.4) is 0 Å². The Hall–Kier alpha value is -3.06. The number of ether oxygens (including phenoxy) is 1. The fourth-order valence-electron chi connectivity index (χ4n) is 2.27. The fourth-order valence-corrected chi connectivity index (χ4v) is 2.27. The molecule has 0 saturated heterocycles. The highest BCUT2D eigenvalue weighted by Crippen LogP contribution is 2.12. The molecule has 2 aromatic carbocycles. The topological polar surface area (TPSA) is 111 Å². The molecule has 0 unspecified atom stereocenters. The van der Waals surface area contributed by atoms with Gasteiger partial charge in [0.15, 0.2) is 0 Å². The van der Waals surface area contributed by atoms with E-state index >= 15 is 0 Å². The highest BCUT2D eigenvalue weighted by molar-refractivity contribution is 6.00. The predicted molar refractivity (Wildman–Crippen MR) is 95.8 cm³/mol. The van der Waals surface area contributed by atoms with E-state index in [4.69, 9.17) is 16.3 Å². The predicted octanol–water partition coefficient (Wildman–Crippen LogP) is 0.952. The van der Waals surface area contributed by atoms with E-state index < -0.39 is 5.91 Å². The molecule has 0 fully saturated rings. The van der Waals surface area contributed by atoms with Crippen LogP contribution in [0.15, 0.2) is 48.5 Å². The zero-order valence-corrected chi connectivity index (χ0v) is 14.1. The van der Waals surface area contributed by atoms with Gasteiger partial charge in [-0.15, -0.1) is 0 Å². The fraction of sp³-hybridized carbons (Fsp3) is 0.222. The van der Waals surface area contributed by atoms with Crippen LogP contribution in [-0.2, 0) is 11.2 Å². The molecular weight excluding hydrogens is 320 g/mol. The smallest absolute Gasteiger partial charge is 0.270 e. The van der Waals surface area contributed by atoms with E-state index in [1.54, 1.807) is 31.4 Å². The second-order valence-corrected chi connectivity index (χ2v) is 5.47. The van der Waals surface area contributed by atoms with Gasteiger partial charge < -0.3 is 15.8 Å². The van der Waals surface area contributed by atoms with Crippen LogP contribution in [0.1, 0.15) is 15.9 Å². The number of hydrogen-bond acceptors (Lipinski definition) is 5. The summed E-state index contributed by atoms with van der Waals surface area (Å²) in [6.45, 7) is 0.205. The number of hydrazine groups is 1. The first kappa shape index (κ1) is 18.3. The van der Waals surface area contributed by atoms with E-state index in [2.05, 4.69) is 5.32 Å². The van der Waals surface area contributed by atoms with Crippen molar-refractivity contribution in [2.45, 2.75) is 6.42 Å². The van der Waals surface area contributed by atoms with E-state index in [9.17, 15) is 9.59 Å². The van der Waals surface area contributed by atoms with Gasteiger partial charge in [0.25, 0.3) is 5.91 Å².